The summed E-state index contributed by atoms with van der Waals surface area (Å²) in [5, 5.41) is 1.10. The number of fused-ring (bicyclic) bond motifs is 1. The predicted molar refractivity (Wildman–Crippen MR) is 91.4 cm³/mol. The minimum absolute atomic E-state index is 0.0388. The molecule has 1 aromatic carbocycles. The van der Waals surface area contributed by atoms with Crippen LogP contribution in [-0.4, -0.2) is 34.6 Å². The molecule has 0 saturated carbocycles. The van der Waals surface area contributed by atoms with E-state index in [0.717, 1.165) is 29.6 Å². The van der Waals surface area contributed by atoms with E-state index < -0.39 is 6.17 Å². The molecular formula is C19H25FN2O. The van der Waals surface area contributed by atoms with Gasteiger partial charge in [-0.05, 0) is 37.3 Å². The van der Waals surface area contributed by atoms with Crippen LogP contribution in [0.25, 0.3) is 10.9 Å². The third-order valence-corrected chi connectivity index (χ3v) is 4.67. The number of aryl methyl sites for hydroxylation is 1. The van der Waals surface area contributed by atoms with Crippen molar-refractivity contribution in [1.29, 1.82) is 0 Å². The molecule has 0 bridgehead atoms. The van der Waals surface area contributed by atoms with Crippen molar-refractivity contribution in [3.05, 3.63) is 36.0 Å². The van der Waals surface area contributed by atoms with Gasteiger partial charge in [0, 0.05) is 30.5 Å². The van der Waals surface area contributed by atoms with E-state index in [1.807, 2.05) is 24.3 Å². The average molecular weight is 316 g/mol. The molecule has 1 aromatic heterocycles. The van der Waals surface area contributed by atoms with Gasteiger partial charge in [0.1, 0.15) is 11.9 Å². The summed E-state index contributed by atoms with van der Waals surface area (Å²) in [4.78, 5) is 14.7. The first-order chi connectivity index (χ1) is 11.1. The maximum Gasteiger partial charge on any atom is 0.270 e. The second kappa shape index (κ2) is 6.73. The van der Waals surface area contributed by atoms with Gasteiger partial charge in [0.15, 0.2) is 0 Å². The van der Waals surface area contributed by atoms with Crippen molar-refractivity contribution in [2.24, 2.45) is 5.92 Å². The summed E-state index contributed by atoms with van der Waals surface area (Å²) < 4.78 is 15.5. The Morgan fingerprint density at radius 3 is 2.65 bits per heavy atom. The van der Waals surface area contributed by atoms with Crippen molar-refractivity contribution < 1.29 is 9.18 Å². The molecule has 1 fully saturated rings. The quantitative estimate of drug-likeness (QED) is 0.827. The van der Waals surface area contributed by atoms with Gasteiger partial charge in [-0.25, -0.2) is 4.39 Å². The minimum atomic E-state index is -0.758. The Morgan fingerprint density at radius 1 is 1.26 bits per heavy atom. The van der Waals surface area contributed by atoms with Gasteiger partial charge in [0.2, 0.25) is 0 Å². The molecule has 0 radical (unpaired) electrons. The van der Waals surface area contributed by atoms with Crippen LogP contribution in [0, 0.1) is 5.92 Å². The fourth-order valence-corrected chi connectivity index (χ4v) is 3.23. The monoisotopic (exact) mass is 316 g/mol. The number of hydrogen-bond acceptors (Lipinski definition) is 1. The lowest BCUT2D eigenvalue weighted by Crippen LogP contribution is -2.39. The summed E-state index contributed by atoms with van der Waals surface area (Å²) in [5.41, 5.74) is 1.85. The smallest absolute Gasteiger partial charge is 0.270 e. The van der Waals surface area contributed by atoms with Gasteiger partial charge >= 0.3 is 0 Å². The molecule has 0 spiro atoms. The standard InChI is InChI=1S/C19H25FN2O/c1-14(2)7-12-22-17-6-4-3-5-15(17)13-18(22)19(23)21-10-8-16(20)9-11-21/h3-6,13-14,16H,7-12H2,1-2H3. The van der Waals surface area contributed by atoms with Crippen molar-refractivity contribution >= 4 is 16.8 Å². The molecule has 0 N–H and O–H groups in total. The predicted octanol–water partition coefficient (Wildman–Crippen LogP) is 4.26. The number of halogens is 1. The number of likely N-dealkylation sites (tertiary alicyclic amines) is 1. The maximum absolute atomic E-state index is 13.3. The molecule has 2 aromatic rings. The van der Waals surface area contributed by atoms with Gasteiger partial charge in [-0.15, -0.1) is 0 Å². The molecule has 23 heavy (non-hydrogen) atoms. The topological polar surface area (TPSA) is 25.2 Å². The van der Waals surface area contributed by atoms with Crippen LogP contribution >= 0.6 is 0 Å². The van der Waals surface area contributed by atoms with Crippen LogP contribution in [-0.2, 0) is 6.54 Å². The van der Waals surface area contributed by atoms with Gasteiger partial charge in [-0.2, -0.15) is 0 Å². The number of hydrogen-bond donors (Lipinski definition) is 0. The third-order valence-electron chi connectivity index (χ3n) is 4.67. The Labute approximate surface area is 137 Å². The summed E-state index contributed by atoms with van der Waals surface area (Å²) in [5.74, 6) is 0.623. The molecule has 0 unspecified atom stereocenters. The summed E-state index contributed by atoms with van der Waals surface area (Å²) in [7, 11) is 0. The van der Waals surface area contributed by atoms with Gasteiger partial charge in [-0.1, -0.05) is 32.0 Å². The lowest BCUT2D eigenvalue weighted by atomic mass is 10.1. The first kappa shape index (κ1) is 16.0. The number of amides is 1. The van der Waals surface area contributed by atoms with Gasteiger partial charge in [0.25, 0.3) is 5.91 Å². The number of aromatic nitrogens is 1. The van der Waals surface area contributed by atoms with Gasteiger partial charge < -0.3 is 9.47 Å². The van der Waals surface area contributed by atoms with E-state index in [0.29, 0.717) is 31.8 Å². The number of carbonyl (C=O) groups excluding carboxylic acids is 1. The molecule has 3 rings (SSSR count). The first-order valence-corrected chi connectivity index (χ1v) is 8.58. The van der Waals surface area contributed by atoms with Crippen LogP contribution in [0.1, 0.15) is 43.6 Å². The molecule has 0 aliphatic carbocycles. The zero-order valence-electron chi connectivity index (χ0n) is 14.0. The SMILES string of the molecule is CC(C)CCn1c(C(=O)N2CCC(F)CC2)cc2ccccc21. The molecule has 4 heteroatoms. The van der Waals surface area contributed by atoms with E-state index in [1.54, 1.807) is 4.90 Å². The van der Waals surface area contributed by atoms with E-state index >= 15 is 0 Å². The number of rotatable bonds is 4. The second-order valence-electron chi connectivity index (χ2n) is 6.89. The molecule has 1 aliphatic rings. The van der Waals surface area contributed by atoms with Gasteiger partial charge in [-0.3, -0.25) is 4.79 Å². The fourth-order valence-electron chi connectivity index (χ4n) is 3.23. The highest BCUT2D eigenvalue weighted by Gasteiger charge is 2.26. The van der Waals surface area contributed by atoms with Crippen LogP contribution < -0.4 is 0 Å². The highest BCUT2D eigenvalue weighted by atomic mass is 19.1. The normalized spacial score (nSPS) is 16.4. The van der Waals surface area contributed by atoms with Crippen molar-refractivity contribution in [2.45, 2.75) is 45.8 Å². The van der Waals surface area contributed by atoms with Crippen molar-refractivity contribution in [2.75, 3.05) is 13.1 Å². The Kier molecular flexibility index (Phi) is 4.69. The van der Waals surface area contributed by atoms with E-state index in [2.05, 4.69) is 24.5 Å². The number of carbonyl (C=O) groups is 1. The summed E-state index contributed by atoms with van der Waals surface area (Å²) in [6.07, 6.45) is 1.19. The molecule has 1 amide bonds. The van der Waals surface area contributed by atoms with E-state index in [4.69, 9.17) is 0 Å². The molecule has 0 atom stereocenters. The Bertz CT molecular complexity index is 684. The highest BCUT2D eigenvalue weighted by Crippen LogP contribution is 2.24. The Hall–Kier alpha value is -1.84. The van der Waals surface area contributed by atoms with Crippen molar-refractivity contribution in [1.82, 2.24) is 9.47 Å². The summed E-state index contributed by atoms with van der Waals surface area (Å²) in [6.45, 7) is 6.27. The largest absolute Gasteiger partial charge is 0.337 e. The van der Waals surface area contributed by atoms with Crippen LogP contribution in [0.2, 0.25) is 0 Å². The zero-order chi connectivity index (χ0) is 16.4. The van der Waals surface area contributed by atoms with Crippen LogP contribution in [0.15, 0.2) is 30.3 Å². The van der Waals surface area contributed by atoms with Crippen molar-refractivity contribution in [3.8, 4) is 0 Å². The molecule has 1 aliphatic heterocycles. The average Bonchev–Trinajstić information content (AvgIpc) is 2.91. The molecule has 2 heterocycles. The minimum Gasteiger partial charge on any atom is -0.337 e. The van der Waals surface area contributed by atoms with E-state index in [9.17, 15) is 9.18 Å². The number of nitrogens with zero attached hydrogens (tertiary/aromatic N) is 2. The number of alkyl halides is 1. The summed E-state index contributed by atoms with van der Waals surface area (Å²) in [6, 6.07) is 10.1. The van der Waals surface area contributed by atoms with E-state index in [-0.39, 0.29) is 5.91 Å². The molecular weight excluding hydrogens is 291 g/mol. The Morgan fingerprint density at radius 2 is 1.96 bits per heavy atom. The molecule has 3 nitrogen and oxygen atoms in total. The Balaban J connectivity index is 1.92. The number of benzene rings is 1. The molecule has 1 saturated heterocycles. The first-order valence-electron chi connectivity index (χ1n) is 8.58. The van der Waals surface area contributed by atoms with E-state index in [1.165, 1.54) is 0 Å². The molecule has 124 valence electrons. The second-order valence-corrected chi connectivity index (χ2v) is 6.89. The van der Waals surface area contributed by atoms with Crippen LogP contribution in [0.5, 0.6) is 0 Å². The fraction of sp³-hybridized carbons (Fsp3) is 0.526. The number of para-hydroxylation sites is 1. The number of piperidine rings is 1. The maximum atomic E-state index is 13.3. The summed E-state index contributed by atoms with van der Waals surface area (Å²) >= 11 is 0. The highest BCUT2D eigenvalue weighted by molar-refractivity contribution is 5.98. The van der Waals surface area contributed by atoms with Gasteiger partial charge in [0.05, 0.1) is 0 Å². The van der Waals surface area contributed by atoms with Crippen molar-refractivity contribution in [3.63, 3.8) is 0 Å². The third kappa shape index (κ3) is 3.41. The lowest BCUT2D eigenvalue weighted by molar-refractivity contribution is 0.0656. The zero-order valence-corrected chi connectivity index (χ0v) is 14.0. The van der Waals surface area contributed by atoms with Crippen LogP contribution in [0.4, 0.5) is 4.39 Å². The van der Waals surface area contributed by atoms with Crippen LogP contribution in [0.3, 0.4) is 0 Å². The lowest BCUT2D eigenvalue weighted by Gasteiger charge is -2.29.